The van der Waals surface area contributed by atoms with Gasteiger partial charge in [0.2, 0.25) is 0 Å². The van der Waals surface area contributed by atoms with Gasteiger partial charge in [-0.1, -0.05) is 0 Å². The van der Waals surface area contributed by atoms with Gasteiger partial charge in [0.25, 0.3) is 7.12 Å². The molecule has 0 atom stereocenters. The summed E-state index contributed by atoms with van der Waals surface area (Å²) in [6.07, 6.45) is 14.4. The van der Waals surface area contributed by atoms with Crippen LogP contribution in [0.2, 0.25) is 0 Å². The van der Waals surface area contributed by atoms with Crippen LogP contribution in [0.4, 0.5) is 13.2 Å². The van der Waals surface area contributed by atoms with Gasteiger partial charge in [-0.25, -0.2) is 23.7 Å². The maximum atomic E-state index is 10.7. The molecule has 18 heteroatoms. The molecule has 0 fully saturated rings. The van der Waals surface area contributed by atoms with Gasteiger partial charge in [0.05, 0.1) is 0 Å². The molecule has 1 radical (unpaired) electrons. The number of nitrogens with zero attached hydrogens (tertiary/aromatic N) is 6. The molecule has 0 amide bonds. The molecule has 4 aromatic rings. The van der Waals surface area contributed by atoms with Crippen LogP contribution >= 0.6 is 0 Å². The van der Waals surface area contributed by atoms with Crippen LogP contribution in [0.25, 0.3) is 0 Å². The van der Waals surface area contributed by atoms with E-state index in [-0.39, 0.29) is 18.3 Å². The van der Waals surface area contributed by atoms with Crippen molar-refractivity contribution in [1.82, 2.24) is 29.1 Å². The summed E-state index contributed by atoms with van der Waals surface area (Å²) >= 11 is 0.111. The molecule has 197 valence electrons. The van der Waals surface area contributed by atoms with Crippen molar-refractivity contribution in [1.29, 1.82) is 0 Å². The summed E-state index contributed by atoms with van der Waals surface area (Å²) in [5.41, 5.74) is -5.65. The first-order valence-corrected chi connectivity index (χ1v) is 13.8. The Hall–Kier alpha value is -2.45. The largest absolute Gasteiger partial charge is 0.425 e. The van der Waals surface area contributed by atoms with E-state index in [1.807, 2.05) is 67.1 Å². The van der Waals surface area contributed by atoms with Crippen molar-refractivity contribution >= 4 is 28.4 Å². The van der Waals surface area contributed by atoms with E-state index in [1.54, 1.807) is 44.9 Å². The third-order valence-electron chi connectivity index (χ3n) is 3.18. The van der Waals surface area contributed by atoms with Gasteiger partial charge in [-0.15, -0.1) is 0 Å². The predicted molar refractivity (Wildman–Crippen MR) is 122 cm³/mol. The molecule has 0 spiro atoms. The summed E-state index contributed by atoms with van der Waals surface area (Å²) in [5.74, 6) is 0. The third kappa shape index (κ3) is 14.2. The Morgan fingerprint density at radius 2 is 1.19 bits per heavy atom. The predicted octanol–water partition coefficient (Wildman–Crippen LogP) is 1.96. The van der Waals surface area contributed by atoms with Crippen LogP contribution < -0.4 is 0 Å². The van der Waals surface area contributed by atoms with Crippen molar-refractivity contribution in [3.63, 3.8) is 0 Å². The van der Waals surface area contributed by atoms with Crippen LogP contribution in [0.5, 0.6) is 0 Å². The monoisotopic (exact) mass is 720 g/mol. The molecular formula is C18H21BF3N6O5ReS2-. The molecule has 3 heterocycles. The zero-order chi connectivity index (χ0) is 27.6. The van der Waals surface area contributed by atoms with Crippen LogP contribution in [0.3, 0.4) is 0 Å². The average molecular weight is 720 g/mol. The Kier molecular flexibility index (Phi) is 16.7. The average Bonchev–Trinajstić information content (AvgIpc) is 3.61. The van der Waals surface area contributed by atoms with Crippen molar-refractivity contribution in [2.45, 2.75) is 5.51 Å². The van der Waals surface area contributed by atoms with E-state index in [0.29, 0.717) is 19.0 Å². The number of halogens is 3. The molecule has 0 saturated carbocycles. The van der Waals surface area contributed by atoms with Crippen LogP contribution in [0.1, 0.15) is 0 Å². The molecule has 0 aliphatic carbocycles. The summed E-state index contributed by atoms with van der Waals surface area (Å²) in [6, 6.07) is 18.1. The summed E-state index contributed by atoms with van der Waals surface area (Å²) in [7, 11) is -6.28. The first-order chi connectivity index (χ1) is 16.9. The maximum absolute atomic E-state index is 10.7. The molecule has 4 rings (SSSR count). The second kappa shape index (κ2) is 17.9. The summed E-state index contributed by atoms with van der Waals surface area (Å²) in [5, 5.41) is 12.7. The number of alkyl halides is 3. The molecule has 3 aromatic heterocycles. The zero-order valence-electron chi connectivity index (χ0n) is 18.8. The fraction of sp³-hybridized carbons (Fsp3) is 0.167. The molecule has 1 aromatic carbocycles. The van der Waals surface area contributed by atoms with Gasteiger partial charge in [0.15, 0.2) is 10.1 Å². The fourth-order valence-electron chi connectivity index (χ4n) is 1.96. The van der Waals surface area contributed by atoms with Crippen LogP contribution in [0, 0.1) is 6.07 Å². The SMILES string of the molecule is C[S+](C)O.O=S(=O)([O-])C(F)(F)F.[O+]#[Re].[c-]1ccccc1.c1cnn([B-](n2cccn2)n2cccn2)c1. The van der Waals surface area contributed by atoms with Gasteiger partial charge in [-0.3, -0.25) is 0 Å². The van der Waals surface area contributed by atoms with E-state index < -0.39 is 15.6 Å². The van der Waals surface area contributed by atoms with Crippen LogP contribution in [0.15, 0.2) is 85.7 Å². The number of aromatic nitrogens is 6. The minimum absolute atomic E-state index is 0.194. The molecule has 0 aliphatic heterocycles. The number of hydrogen-bond acceptors (Lipinski definition) is 7. The Bertz CT molecular complexity index is 1050. The molecule has 11 nitrogen and oxygen atoms in total. The normalized spacial score (nSPS) is 10.4. The van der Waals surface area contributed by atoms with Crippen molar-refractivity contribution in [2.75, 3.05) is 12.5 Å². The molecule has 0 saturated heterocycles. The Labute approximate surface area is 219 Å². The Balaban J connectivity index is 0.000000516. The van der Waals surface area contributed by atoms with Gasteiger partial charge in [-0.2, -0.15) is 54.1 Å². The fourth-order valence-corrected chi connectivity index (χ4v) is 1.96. The summed E-state index contributed by atoms with van der Waals surface area (Å²) < 4.78 is 80.7. The summed E-state index contributed by atoms with van der Waals surface area (Å²) in [4.78, 5) is 0. The van der Waals surface area contributed by atoms with Crippen molar-refractivity contribution in [3.05, 3.63) is 91.8 Å². The van der Waals surface area contributed by atoms with Gasteiger partial charge >= 0.3 is 27.8 Å². The summed E-state index contributed by atoms with van der Waals surface area (Å²) in [6.45, 7) is 0. The molecular weight excluding hydrogens is 698 g/mol. The third-order valence-corrected chi connectivity index (χ3v) is 3.74. The van der Waals surface area contributed by atoms with Crippen molar-refractivity contribution in [2.24, 2.45) is 0 Å². The number of benzene rings is 1. The maximum Gasteiger partial charge on any atom is 0.260 e. The van der Waals surface area contributed by atoms with Crippen LogP contribution in [-0.2, 0) is 43.6 Å². The standard InChI is InChI=1S/C9H9BN6.C6H5.C2H7OS.CHF3O3S.O.Re/c1-4-11-14(7-1)10(15-8-2-5-12-15)16-9-3-6-13-16;1-2-4-6-5-3-1;1-4(2)3;2-1(3,4)8(5,6)7;;/h1-9H;1-5H;3H,1-2H3;(H,5,6,7);;/q2*-1;+1;;+1;/p-1. The van der Waals surface area contributed by atoms with E-state index in [9.17, 15) is 13.2 Å². The molecule has 0 aliphatic rings. The van der Waals surface area contributed by atoms with Gasteiger partial charge < -0.3 is 18.3 Å². The first kappa shape index (κ1) is 33.5. The van der Waals surface area contributed by atoms with Gasteiger partial charge in [0.1, 0.15) is 23.7 Å². The minimum Gasteiger partial charge on any atom is -0.425 e. The van der Waals surface area contributed by atoms with Crippen LogP contribution in [-0.4, -0.2) is 71.7 Å². The zero-order valence-corrected chi connectivity index (χ0v) is 23.1. The smallest absolute Gasteiger partial charge is 0.260 e. The topological polar surface area (TPSA) is 151 Å². The van der Waals surface area contributed by atoms with Gasteiger partial charge in [-0.05, 0) is 36.8 Å². The number of hydrogen-bond donors (Lipinski definition) is 1. The van der Waals surface area contributed by atoms with E-state index in [2.05, 4.69) is 21.4 Å². The molecule has 36 heavy (non-hydrogen) atoms. The first-order valence-electron chi connectivity index (χ1n) is 9.26. The van der Waals surface area contributed by atoms with E-state index in [1.165, 1.54) is 0 Å². The van der Waals surface area contributed by atoms with Crippen molar-refractivity contribution in [3.8, 4) is 0 Å². The van der Waals surface area contributed by atoms with Gasteiger partial charge in [0, 0.05) is 18.6 Å². The second-order valence-corrected chi connectivity index (χ2v) is 8.97. The number of rotatable bonds is 3. The minimum atomic E-state index is -6.09. The molecule has 1 N–H and O–H groups in total. The molecule has 0 unspecified atom stereocenters. The van der Waals surface area contributed by atoms with Crippen molar-refractivity contribution < 1.29 is 53.0 Å². The Morgan fingerprint density at radius 1 is 0.889 bits per heavy atom. The van der Waals surface area contributed by atoms with E-state index in [0.717, 1.165) is 0 Å². The Morgan fingerprint density at radius 3 is 1.33 bits per heavy atom. The molecule has 0 bridgehead atoms. The quantitative estimate of drug-likeness (QED) is 0.112. The van der Waals surface area contributed by atoms with E-state index >= 15 is 0 Å². The van der Waals surface area contributed by atoms with E-state index in [4.69, 9.17) is 20.8 Å². The second-order valence-electron chi connectivity index (χ2n) is 6.06.